The van der Waals surface area contributed by atoms with Crippen LogP contribution in [0.2, 0.25) is 0 Å². The molecule has 0 bridgehead atoms. The lowest BCUT2D eigenvalue weighted by atomic mass is 10.1. The highest BCUT2D eigenvalue weighted by molar-refractivity contribution is 5.97. The molecular formula is C19H20N4O. The average molecular weight is 320 g/mol. The van der Waals surface area contributed by atoms with Gasteiger partial charge in [-0.3, -0.25) is 4.98 Å². The number of fused-ring (bicyclic) bond motifs is 1. The number of nitrogens with zero attached hydrogens (tertiary/aromatic N) is 4. The highest BCUT2D eigenvalue weighted by Crippen LogP contribution is 2.33. The Balaban J connectivity index is 1.59. The summed E-state index contributed by atoms with van der Waals surface area (Å²) in [5.41, 5.74) is 1.24. The van der Waals surface area contributed by atoms with Crippen LogP contribution in [-0.2, 0) is 0 Å². The van der Waals surface area contributed by atoms with Gasteiger partial charge in [-0.05, 0) is 30.3 Å². The Bertz CT molecular complexity index is 829. The second-order valence-electron chi connectivity index (χ2n) is 5.87. The van der Waals surface area contributed by atoms with E-state index in [0.717, 1.165) is 43.1 Å². The minimum atomic E-state index is 0.869. The number of pyridine rings is 2. The first-order valence-corrected chi connectivity index (χ1v) is 8.18. The monoisotopic (exact) mass is 320 g/mol. The molecule has 0 saturated carbocycles. The third-order valence-electron chi connectivity index (χ3n) is 4.57. The molecule has 1 saturated heterocycles. The molecule has 0 spiro atoms. The van der Waals surface area contributed by atoms with E-state index in [1.165, 1.54) is 11.1 Å². The summed E-state index contributed by atoms with van der Waals surface area (Å²) in [6.45, 7) is 3.88. The van der Waals surface area contributed by atoms with Crippen molar-refractivity contribution in [2.45, 2.75) is 0 Å². The molecule has 3 aromatic rings. The number of aromatic nitrogens is 2. The third-order valence-corrected chi connectivity index (χ3v) is 4.57. The molecule has 5 nitrogen and oxygen atoms in total. The molecule has 0 N–H and O–H groups in total. The molecule has 3 heterocycles. The maximum atomic E-state index is 5.47. The van der Waals surface area contributed by atoms with Crippen LogP contribution < -0.4 is 14.5 Å². The molecule has 1 fully saturated rings. The van der Waals surface area contributed by atoms with E-state index in [2.05, 4.69) is 38.0 Å². The summed E-state index contributed by atoms with van der Waals surface area (Å²) < 4.78 is 5.47. The van der Waals surface area contributed by atoms with Crippen molar-refractivity contribution in [3.63, 3.8) is 0 Å². The minimum Gasteiger partial charge on any atom is -0.496 e. The van der Waals surface area contributed by atoms with Gasteiger partial charge in [-0.1, -0.05) is 6.07 Å². The Kier molecular flexibility index (Phi) is 3.91. The summed E-state index contributed by atoms with van der Waals surface area (Å²) >= 11 is 0. The van der Waals surface area contributed by atoms with Crippen molar-refractivity contribution in [2.75, 3.05) is 43.1 Å². The van der Waals surface area contributed by atoms with Crippen molar-refractivity contribution in [3.05, 3.63) is 55.0 Å². The molecule has 0 atom stereocenters. The van der Waals surface area contributed by atoms with Gasteiger partial charge in [-0.2, -0.15) is 0 Å². The molecule has 4 rings (SSSR count). The first kappa shape index (κ1) is 14.8. The number of anilines is 2. The van der Waals surface area contributed by atoms with Gasteiger partial charge >= 0.3 is 0 Å². The predicted octanol–water partition coefficient (Wildman–Crippen LogP) is 2.97. The van der Waals surface area contributed by atoms with Gasteiger partial charge in [-0.25, -0.2) is 4.98 Å². The van der Waals surface area contributed by atoms with Gasteiger partial charge in [0.15, 0.2) is 0 Å². The lowest BCUT2D eigenvalue weighted by molar-refractivity contribution is 0.419. The number of hydrogen-bond donors (Lipinski definition) is 0. The Morgan fingerprint density at radius 3 is 2.46 bits per heavy atom. The maximum Gasteiger partial charge on any atom is 0.128 e. The second-order valence-corrected chi connectivity index (χ2v) is 5.87. The van der Waals surface area contributed by atoms with Crippen molar-refractivity contribution in [2.24, 2.45) is 0 Å². The highest BCUT2D eigenvalue weighted by atomic mass is 16.5. The van der Waals surface area contributed by atoms with E-state index >= 15 is 0 Å². The first-order valence-electron chi connectivity index (χ1n) is 8.18. The van der Waals surface area contributed by atoms with Crippen LogP contribution in [0.5, 0.6) is 5.75 Å². The van der Waals surface area contributed by atoms with Gasteiger partial charge in [0.1, 0.15) is 11.6 Å². The van der Waals surface area contributed by atoms with E-state index in [0.29, 0.717) is 0 Å². The average Bonchev–Trinajstić information content (AvgIpc) is 2.68. The Morgan fingerprint density at radius 1 is 0.875 bits per heavy atom. The van der Waals surface area contributed by atoms with Crippen LogP contribution >= 0.6 is 0 Å². The number of methoxy groups -OCH3 is 1. The van der Waals surface area contributed by atoms with Crippen LogP contribution in [0.3, 0.4) is 0 Å². The van der Waals surface area contributed by atoms with Crippen molar-refractivity contribution in [1.82, 2.24) is 9.97 Å². The molecule has 122 valence electrons. The minimum absolute atomic E-state index is 0.869. The van der Waals surface area contributed by atoms with Gasteiger partial charge in [0.25, 0.3) is 0 Å². The summed E-state index contributed by atoms with van der Waals surface area (Å²) in [4.78, 5) is 13.5. The maximum absolute atomic E-state index is 5.47. The lowest BCUT2D eigenvalue weighted by Gasteiger charge is -2.37. The molecule has 0 amide bonds. The molecular weight excluding hydrogens is 300 g/mol. The zero-order chi connectivity index (χ0) is 16.4. The van der Waals surface area contributed by atoms with Crippen LogP contribution in [0.4, 0.5) is 11.5 Å². The fourth-order valence-electron chi connectivity index (χ4n) is 3.32. The molecule has 0 unspecified atom stereocenters. The van der Waals surface area contributed by atoms with Crippen LogP contribution in [0, 0.1) is 0 Å². The molecule has 1 aliphatic heterocycles. The Morgan fingerprint density at radius 2 is 1.71 bits per heavy atom. The fraction of sp³-hybridized carbons (Fsp3) is 0.263. The quantitative estimate of drug-likeness (QED) is 0.742. The molecule has 24 heavy (non-hydrogen) atoms. The molecule has 0 aliphatic carbocycles. The van der Waals surface area contributed by atoms with Crippen LogP contribution in [-0.4, -0.2) is 43.3 Å². The lowest BCUT2D eigenvalue weighted by Crippen LogP contribution is -2.46. The van der Waals surface area contributed by atoms with E-state index in [-0.39, 0.29) is 0 Å². The summed E-state index contributed by atoms with van der Waals surface area (Å²) in [5, 5.41) is 2.25. The number of piperazine rings is 1. The van der Waals surface area contributed by atoms with Crippen LogP contribution in [0.1, 0.15) is 0 Å². The van der Waals surface area contributed by atoms with Gasteiger partial charge in [-0.15, -0.1) is 0 Å². The zero-order valence-corrected chi connectivity index (χ0v) is 13.7. The number of benzene rings is 1. The second kappa shape index (κ2) is 6.35. The molecule has 1 aromatic carbocycles. The molecule has 0 radical (unpaired) electrons. The van der Waals surface area contributed by atoms with Crippen molar-refractivity contribution < 1.29 is 4.74 Å². The van der Waals surface area contributed by atoms with Crippen LogP contribution in [0.15, 0.2) is 55.0 Å². The summed E-state index contributed by atoms with van der Waals surface area (Å²) in [6.07, 6.45) is 5.57. The number of hydrogen-bond acceptors (Lipinski definition) is 5. The van der Waals surface area contributed by atoms with Crippen LogP contribution in [0.25, 0.3) is 10.8 Å². The molecule has 5 heteroatoms. The van der Waals surface area contributed by atoms with E-state index in [1.807, 2.05) is 36.8 Å². The van der Waals surface area contributed by atoms with Gasteiger partial charge < -0.3 is 14.5 Å². The van der Waals surface area contributed by atoms with E-state index in [4.69, 9.17) is 4.74 Å². The topological polar surface area (TPSA) is 41.5 Å². The summed E-state index contributed by atoms with van der Waals surface area (Å²) in [5.74, 6) is 1.93. The highest BCUT2D eigenvalue weighted by Gasteiger charge is 2.20. The number of rotatable bonds is 3. The van der Waals surface area contributed by atoms with Crippen molar-refractivity contribution in [1.29, 1.82) is 0 Å². The van der Waals surface area contributed by atoms with E-state index < -0.39 is 0 Å². The molecule has 1 aliphatic rings. The predicted molar refractivity (Wildman–Crippen MR) is 97.0 cm³/mol. The standard InChI is InChI=1S/C19H20N4O/c1-24-18-6-5-17(15-7-9-20-14-16(15)18)22-10-12-23(13-11-22)19-4-2-3-8-21-19/h2-9,14H,10-13H2,1H3. The first-order chi connectivity index (χ1) is 11.9. The Labute approximate surface area is 141 Å². The largest absolute Gasteiger partial charge is 0.496 e. The van der Waals surface area contributed by atoms with Crippen molar-refractivity contribution in [3.8, 4) is 5.75 Å². The SMILES string of the molecule is COc1ccc(N2CCN(c3ccccn3)CC2)c2ccncc12. The number of ether oxygens (including phenoxy) is 1. The Hall–Kier alpha value is -2.82. The van der Waals surface area contributed by atoms with E-state index in [9.17, 15) is 0 Å². The summed E-state index contributed by atoms with van der Waals surface area (Å²) in [7, 11) is 1.70. The van der Waals surface area contributed by atoms with Gasteiger partial charge in [0.05, 0.1) is 7.11 Å². The van der Waals surface area contributed by atoms with Gasteiger partial charge in [0.2, 0.25) is 0 Å². The van der Waals surface area contributed by atoms with E-state index in [1.54, 1.807) is 7.11 Å². The fourth-order valence-corrected chi connectivity index (χ4v) is 3.32. The third kappa shape index (κ3) is 2.62. The summed E-state index contributed by atoms with van der Waals surface area (Å²) in [6, 6.07) is 12.3. The zero-order valence-electron chi connectivity index (χ0n) is 13.7. The molecule has 2 aromatic heterocycles. The van der Waals surface area contributed by atoms with Gasteiger partial charge in [0, 0.05) is 61.2 Å². The normalized spacial score (nSPS) is 14.9. The van der Waals surface area contributed by atoms with Crippen molar-refractivity contribution >= 4 is 22.3 Å². The smallest absolute Gasteiger partial charge is 0.128 e.